The number of hydrogen-bond donors (Lipinski definition) is 0. The van der Waals surface area contributed by atoms with Crippen molar-refractivity contribution < 1.29 is 18.7 Å². The monoisotopic (exact) mass is 190 g/mol. The minimum absolute atomic E-state index is 0.166. The van der Waals surface area contributed by atoms with Crippen molar-refractivity contribution >= 4 is 11.8 Å². The lowest BCUT2D eigenvalue weighted by Gasteiger charge is -1.99. The van der Waals surface area contributed by atoms with E-state index in [1.54, 1.807) is 6.92 Å². The Labute approximate surface area is 77.3 Å². The highest BCUT2D eigenvalue weighted by Gasteiger charge is 2.13. The first-order chi connectivity index (χ1) is 6.22. The van der Waals surface area contributed by atoms with Crippen LogP contribution in [0.3, 0.4) is 0 Å². The van der Waals surface area contributed by atoms with E-state index in [0.29, 0.717) is 19.3 Å². The quantitative estimate of drug-likeness (QED) is 0.348. The highest BCUT2D eigenvalue weighted by Crippen LogP contribution is 2.01. The molecule has 0 aromatic rings. The Bertz CT molecular complexity index is 168. The van der Waals surface area contributed by atoms with Gasteiger partial charge in [0, 0.05) is 6.42 Å². The maximum atomic E-state index is 11.6. The standard InChI is InChI=1S/C9H15FO3/c1-2-13-9(12)8(11)6-4-3-5-7-10/h2-7H2,1H3. The number of carbonyl (C=O) groups is 2. The Morgan fingerprint density at radius 2 is 1.92 bits per heavy atom. The third-order valence-corrected chi connectivity index (χ3v) is 1.54. The van der Waals surface area contributed by atoms with Gasteiger partial charge in [-0.25, -0.2) is 4.79 Å². The molecule has 0 spiro atoms. The zero-order valence-corrected chi connectivity index (χ0v) is 7.85. The zero-order chi connectivity index (χ0) is 10.1. The van der Waals surface area contributed by atoms with Gasteiger partial charge < -0.3 is 4.74 Å². The molecule has 0 atom stereocenters. The second-order valence-corrected chi connectivity index (χ2v) is 2.64. The molecule has 3 nitrogen and oxygen atoms in total. The summed E-state index contributed by atoms with van der Waals surface area (Å²) in [7, 11) is 0. The summed E-state index contributed by atoms with van der Waals surface area (Å²) >= 11 is 0. The van der Waals surface area contributed by atoms with Gasteiger partial charge in [-0.15, -0.1) is 0 Å². The molecule has 0 aromatic heterocycles. The maximum absolute atomic E-state index is 11.6. The van der Waals surface area contributed by atoms with Crippen molar-refractivity contribution in [2.24, 2.45) is 0 Å². The number of unbranched alkanes of at least 4 members (excludes halogenated alkanes) is 2. The van der Waals surface area contributed by atoms with Crippen LogP contribution in [0.4, 0.5) is 4.39 Å². The molecule has 0 heterocycles. The Hall–Kier alpha value is -0.930. The summed E-state index contributed by atoms with van der Waals surface area (Å²) in [5, 5.41) is 0. The van der Waals surface area contributed by atoms with E-state index in [1.165, 1.54) is 0 Å². The second-order valence-electron chi connectivity index (χ2n) is 2.64. The number of esters is 1. The van der Waals surface area contributed by atoms with Crippen LogP contribution in [-0.2, 0) is 14.3 Å². The van der Waals surface area contributed by atoms with Gasteiger partial charge in [-0.2, -0.15) is 0 Å². The van der Waals surface area contributed by atoms with Crippen molar-refractivity contribution in [1.29, 1.82) is 0 Å². The summed E-state index contributed by atoms with van der Waals surface area (Å²) in [4.78, 5) is 21.7. The molecule has 0 bridgehead atoms. The third kappa shape index (κ3) is 6.25. The van der Waals surface area contributed by atoms with Gasteiger partial charge >= 0.3 is 5.97 Å². The molecule has 0 saturated heterocycles. The van der Waals surface area contributed by atoms with Crippen LogP contribution in [0.2, 0.25) is 0 Å². The molecular formula is C9H15FO3. The Morgan fingerprint density at radius 1 is 1.23 bits per heavy atom. The van der Waals surface area contributed by atoms with Crippen LogP contribution in [0.15, 0.2) is 0 Å². The Morgan fingerprint density at radius 3 is 2.46 bits per heavy atom. The average molecular weight is 190 g/mol. The molecule has 4 heteroatoms. The van der Waals surface area contributed by atoms with Crippen molar-refractivity contribution in [3.63, 3.8) is 0 Å². The summed E-state index contributed by atoms with van der Waals surface area (Å²) < 4.78 is 16.1. The average Bonchev–Trinajstić information content (AvgIpc) is 2.12. The molecule has 0 rings (SSSR count). The summed E-state index contributed by atoms with van der Waals surface area (Å²) in [6, 6.07) is 0. The van der Waals surface area contributed by atoms with Crippen LogP contribution < -0.4 is 0 Å². The summed E-state index contributed by atoms with van der Waals surface area (Å²) in [5.41, 5.74) is 0. The fraction of sp³-hybridized carbons (Fsp3) is 0.778. The molecule has 0 amide bonds. The molecule has 76 valence electrons. The van der Waals surface area contributed by atoms with E-state index < -0.39 is 11.8 Å². The number of carbonyl (C=O) groups excluding carboxylic acids is 2. The van der Waals surface area contributed by atoms with Gasteiger partial charge in [-0.05, 0) is 19.8 Å². The van der Waals surface area contributed by atoms with E-state index in [-0.39, 0.29) is 19.7 Å². The molecule has 0 aliphatic carbocycles. The molecule has 0 unspecified atom stereocenters. The van der Waals surface area contributed by atoms with Crippen LogP contribution in [0.5, 0.6) is 0 Å². The van der Waals surface area contributed by atoms with Crippen LogP contribution in [0.1, 0.15) is 32.6 Å². The predicted molar refractivity (Wildman–Crippen MR) is 46.1 cm³/mol. The number of alkyl halides is 1. The fourth-order valence-electron chi connectivity index (χ4n) is 0.870. The first-order valence-electron chi connectivity index (χ1n) is 4.48. The first kappa shape index (κ1) is 12.1. The van der Waals surface area contributed by atoms with Crippen molar-refractivity contribution in [2.45, 2.75) is 32.6 Å². The van der Waals surface area contributed by atoms with Gasteiger partial charge in [0.2, 0.25) is 5.78 Å². The van der Waals surface area contributed by atoms with Gasteiger partial charge in [0.25, 0.3) is 0 Å². The number of hydrogen-bond acceptors (Lipinski definition) is 3. The molecule has 0 fully saturated rings. The van der Waals surface area contributed by atoms with E-state index in [9.17, 15) is 14.0 Å². The SMILES string of the molecule is CCOC(=O)C(=O)CCCCCF. The van der Waals surface area contributed by atoms with Gasteiger partial charge in [0.1, 0.15) is 0 Å². The normalized spacial score (nSPS) is 9.69. The van der Waals surface area contributed by atoms with E-state index in [2.05, 4.69) is 4.74 Å². The summed E-state index contributed by atoms with van der Waals surface area (Å²) in [5.74, 6) is -1.29. The van der Waals surface area contributed by atoms with E-state index >= 15 is 0 Å². The number of rotatable bonds is 7. The number of ether oxygens (including phenoxy) is 1. The summed E-state index contributed by atoms with van der Waals surface area (Å²) in [6.07, 6.45) is 1.82. The third-order valence-electron chi connectivity index (χ3n) is 1.54. The minimum atomic E-state index is -0.775. The topological polar surface area (TPSA) is 43.4 Å². The smallest absolute Gasteiger partial charge is 0.374 e. The van der Waals surface area contributed by atoms with Gasteiger partial charge in [-0.3, -0.25) is 9.18 Å². The van der Waals surface area contributed by atoms with E-state index in [4.69, 9.17) is 0 Å². The predicted octanol–water partition coefficient (Wildman–Crippen LogP) is 1.65. The second kappa shape index (κ2) is 7.71. The van der Waals surface area contributed by atoms with Crippen LogP contribution >= 0.6 is 0 Å². The Kier molecular flexibility index (Phi) is 7.15. The van der Waals surface area contributed by atoms with E-state index in [1.807, 2.05) is 0 Å². The van der Waals surface area contributed by atoms with Crippen molar-refractivity contribution in [3.8, 4) is 0 Å². The van der Waals surface area contributed by atoms with Crippen LogP contribution in [0.25, 0.3) is 0 Å². The Balaban J connectivity index is 3.44. The molecule has 0 aromatic carbocycles. The van der Waals surface area contributed by atoms with Gasteiger partial charge in [-0.1, -0.05) is 6.42 Å². The first-order valence-corrected chi connectivity index (χ1v) is 4.48. The minimum Gasteiger partial charge on any atom is -0.460 e. The van der Waals surface area contributed by atoms with Gasteiger partial charge in [0.05, 0.1) is 13.3 Å². The lowest BCUT2D eigenvalue weighted by molar-refractivity contribution is -0.153. The zero-order valence-electron chi connectivity index (χ0n) is 7.85. The summed E-state index contributed by atoms with van der Waals surface area (Å²) in [6.45, 7) is 1.50. The molecular weight excluding hydrogens is 175 g/mol. The number of Topliss-reactive ketones (excluding diaryl/α,β-unsaturated/α-hetero) is 1. The number of ketones is 1. The number of halogens is 1. The van der Waals surface area contributed by atoms with Gasteiger partial charge in [0.15, 0.2) is 0 Å². The lowest BCUT2D eigenvalue weighted by Crippen LogP contribution is -2.16. The highest BCUT2D eigenvalue weighted by atomic mass is 19.1. The van der Waals surface area contributed by atoms with E-state index in [0.717, 1.165) is 0 Å². The maximum Gasteiger partial charge on any atom is 0.374 e. The van der Waals surface area contributed by atoms with Crippen molar-refractivity contribution in [3.05, 3.63) is 0 Å². The molecule has 0 aliphatic rings. The highest BCUT2D eigenvalue weighted by molar-refractivity contribution is 6.33. The molecule has 13 heavy (non-hydrogen) atoms. The van der Waals surface area contributed by atoms with Crippen LogP contribution in [0, 0.1) is 0 Å². The van der Waals surface area contributed by atoms with Crippen LogP contribution in [-0.4, -0.2) is 25.0 Å². The molecule has 0 radical (unpaired) electrons. The lowest BCUT2D eigenvalue weighted by atomic mass is 10.1. The molecule has 0 aliphatic heterocycles. The fourth-order valence-corrected chi connectivity index (χ4v) is 0.870. The van der Waals surface area contributed by atoms with Crippen molar-refractivity contribution in [1.82, 2.24) is 0 Å². The molecule has 0 N–H and O–H groups in total. The van der Waals surface area contributed by atoms with Crippen molar-refractivity contribution in [2.75, 3.05) is 13.3 Å². The molecule has 0 saturated carbocycles. The largest absolute Gasteiger partial charge is 0.460 e.